The van der Waals surface area contributed by atoms with Crippen molar-refractivity contribution in [3.8, 4) is 0 Å². The Morgan fingerprint density at radius 3 is 2.65 bits per heavy atom. The molecule has 1 aliphatic heterocycles. The smallest absolute Gasteiger partial charge is 0.248 e. The van der Waals surface area contributed by atoms with E-state index in [-0.39, 0.29) is 24.5 Å². The number of benzene rings is 1. The number of amides is 1. The maximum Gasteiger partial charge on any atom is 0.248 e. The lowest BCUT2D eigenvalue weighted by atomic mass is 9.88. The molecule has 0 unspecified atom stereocenters. The molecule has 2 heterocycles. The van der Waals surface area contributed by atoms with Crippen LogP contribution in [0, 0.1) is 5.92 Å². The molecule has 26 heavy (non-hydrogen) atoms. The highest BCUT2D eigenvalue weighted by molar-refractivity contribution is 5.77. The van der Waals surface area contributed by atoms with Crippen LogP contribution in [0.15, 0.2) is 54.9 Å². The summed E-state index contributed by atoms with van der Waals surface area (Å²) < 4.78 is 11.3. The second-order valence-corrected chi connectivity index (χ2v) is 6.72. The predicted octanol–water partition coefficient (Wildman–Crippen LogP) is 2.70. The van der Waals surface area contributed by atoms with Gasteiger partial charge in [-0.2, -0.15) is 0 Å². The van der Waals surface area contributed by atoms with Gasteiger partial charge in [-0.3, -0.25) is 9.78 Å². The molecule has 5 nitrogen and oxygen atoms in total. The molecule has 3 rings (SSSR count). The summed E-state index contributed by atoms with van der Waals surface area (Å²) in [5, 5.41) is 0. The van der Waals surface area contributed by atoms with Crippen molar-refractivity contribution in [1.82, 2.24) is 9.88 Å². The summed E-state index contributed by atoms with van der Waals surface area (Å²) in [6.07, 6.45) is 5.45. The summed E-state index contributed by atoms with van der Waals surface area (Å²) in [6, 6.07) is 14.4. The molecule has 5 heteroatoms. The van der Waals surface area contributed by atoms with Crippen molar-refractivity contribution in [3.05, 3.63) is 66.0 Å². The van der Waals surface area contributed by atoms with Crippen LogP contribution in [0.5, 0.6) is 0 Å². The maximum atomic E-state index is 12.2. The van der Waals surface area contributed by atoms with Gasteiger partial charge in [-0.25, -0.2) is 0 Å². The highest BCUT2D eigenvalue weighted by Gasteiger charge is 2.32. The number of carbonyl (C=O) groups excluding carboxylic acids is 1. The summed E-state index contributed by atoms with van der Waals surface area (Å²) in [5.41, 5.74) is 2.40. The maximum absolute atomic E-state index is 12.2. The molecule has 1 amide bonds. The largest absolute Gasteiger partial charge is 0.375 e. The van der Waals surface area contributed by atoms with Crippen LogP contribution in [-0.4, -0.2) is 48.7 Å². The molecule has 1 aromatic heterocycles. The average Bonchev–Trinajstić information content (AvgIpc) is 2.69. The molecule has 0 spiro atoms. The lowest BCUT2D eigenvalue weighted by Gasteiger charge is -2.38. The highest BCUT2D eigenvalue weighted by Crippen LogP contribution is 2.25. The van der Waals surface area contributed by atoms with Gasteiger partial charge in [0.1, 0.15) is 6.61 Å². The monoisotopic (exact) mass is 354 g/mol. The van der Waals surface area contributed by atoms with Gasteiger partial charge in [0.05, 0.1) is 12.7 Å². The summed E-state index contributed by atoms with van der Waals surface area (Å²) in [4.78, 5) is 18.2. The standard InChI is InChI=1S/C21H26N2O3/c1-25-16-21(24)23-12-9-20(26-15-18-7-10-22-11-8-18)19(14-23)13-17-5-3-2-4-6-17/h2-8,10-11,19-20H,9,12-16H2,1H3/t19-,20+/m0/s1. The molecule has 1 saturated heterocycles. The number of pyridine rings is 1. The van der Waals surface area contributed by atoms with Crippen molar-refractivity contribution in [2.24, 2.45) is 5.92 Å². The van der Waals surface area contributed by atoms with Gasteiger partial charge in [-0.05, 0) is 36.1 Å². The van der Waals surface area contributed by atoms with Gasteiger partial charge >= 0.3 is 0 Å². The Morgan fingerprint density at radius 2 is 1.92 bits per heavy atom. The van der Waals surface area contributed by atoms with Gasteiger partial charge in [0.2, 0.25) is 5.91 Å². The first-order valence-corrected chi connectivity index (χ1v) is 9.07. The van der Waals surface area contributed by atoms with E-state index in [1.165, 1.54) is 5.56 Å². The predicted molar refractivity (Wildman–Crippen MR) is 99.5 cm³/mol. The van der Waals surface area contributed by atoms with Crippen LogP contribution >= 0.6 is 0 Å². The molecule has 2 aromatic rings. The minimum atomic E-state index is 0.0538. The molecule has 1 aromatic carbocycles. The second-order valence-electron chi connectivity index (χ2n) is 6.72. The van der Waals surface area contributed by atoms with E-state index < -0.39 is 0 Å². The summed E-state index contributed by atoms with van der Waals surface area (Å²) >= 11 is 0. The minimum absolute atomic E-state index is 0.0538. The normalized spacial score (nSPS) is 20.1. The van der Waals surface area contributed by atoms with Crippen LogP contribution in [-0.2, 0) is 27.3 Å². The molecule has 0 aliphatic carbocycles. The van der Waals surface area contributed by atoms with Crippen molar-refractivity contribution in [2.75, 3.05) is 26.8 Å². The van der Waals surface area contributed by atoms with Crippen molar-refractivity contribution < 1.29 is 14.3 Å². The van der Waals surface area contributed by atoms with Gasteiger partial charge in [0.15, 0.2) is 0 Å². The Hall–Kier alpha value is -2.24. The van der Waals surface area contributed by atoms with Crippen LogP contribution < -0.4 is 0 Å². The fourth-order valence-corrected chi connectivity index (χ4v) is 3.47. The second kappa shape index (κ2) is 9.46. The first-order chi connectivity index (χ1) is 12.8. The molecule has 0 radical (unpaired) electrons. The highest BCUT2D eigenvalue weighted by atomic mass is 16.5. The Morgan fingerprint density at radius 1 is 1.15 bits per heavy atom. The van der Waals surface area contributed by atoms with E-state index >= 15 is 0 Å². The van der Waals surface area contributed by atoms with E-state index in [1.807, 2.05) is 23.1 Å². The Bertz CT molecular complexity index is 678. The van der Waals surface area contributed by atoms with Gasteiger partial charge in [0, 0.05) is 38.5 Å². The number of likely N-dealkylation sites (tertiary alicyclic amines) is 1. The van der Waals surface area contributed by atoms with Crippen LogP contribution in [0.1, 0.15) is 17.5 Å². The number of rotatable bonds is 7. The molecule has 0 bridgehead atoms. The van der Waals surface area contributed by atoms with Crippen LogP contribution in [0.4, 0.5) is 0 Å². The minimum Gasteiger partial charge on any atom is -0.375 e. The number of piperidine rings is 1. The molecule has 1 fully saturated rings. The Kier molecular flexibility index (Phi) is 6.75. The van der Waals surface area contributed by atoms with Gasteiger partial charge in [-0.15, -0.1) is 0 Å². The third-order valence-corrected chi connectivity index (χ3v) is 4.84. The van der Waals surface area contributed by atoms with Gasteiger partial charge in [0.25, 0.3) is 0 Å². The Labute approximate surface area is 155 Å². The zero-order chi connectivity index (χ0) is 18.2. The van der Waals surface area contributed by atoms with E-state index in [0.29, 0.717) is 19.7 Å². The lowest BCUT2D eigenvalue weighted by Crippen LogP contribution is -2.48. The summed E-state index contributed by atoms with van der Waals surface area (Å²) in [7, 11) is 1.56. The van der Waals surface area contributed by atoms with Crippen LogP contribution in [0.2, 0.25) is 0 Å². The Balaban J connectivity index is 1.66. The number of ether oxygens (including phenoxy) is 2. The first-order valence-electron chi connectivity index (χ1n) is 9.07. The van der Waals surface area contributed by atoms with Crippen molar-refractivity contribution in [3.63, 3.8) is 0 Å². The van der Waals surface area contributed by atoms with Crippen molar-refractivity contribution >= 4 is 5.91 Å². The molecule has 138 valence electrons. The molecule has 1 aliphatic rings. The van der Waals surface area contributed by atoms with E-state index in [1.54, 1.807) is 19.5 Å². The molecule has 0 N–H and O–H groups in total. The number of methoxy groups -OCH3 is 1. The van der Waals surface area contributed by atoms with Crippen LogP contribution in [0.25, 0.3) is 0 Å². The van der Waals surface area contributed by atoms with E-state index in [4.69, 9.17) is 9.47 Å². The molecule has 0 saturated carbocycles. The number of hydrogen-bond donors (Lipinski definition) is 0. The van der Waals surface area contributed by atoms with Crippen molar-refractivity contribution in [2.45, 2.75) is 25.6 Å². The van der Waals surface area contributed by atoms with E-state index in [9.17, 15) is 4.79 Å². The lowest BCUT2D eigenvalue weighted by molar-refractivity contribution is -0.140. The average molecular weight is 354 g/mol. The zero-order valence-electron chi connectivity index (χ0n) is 15.2. The first kappa shape index (κ1) is 18.5. The van der Waals surface area contributed by atoms with E-state index in [0.717, 1.165) is 18.4 Å². The number of carbonyl (C=O) groups is 1. The number of hydrogen-bond acceptors (Lipinski definition) is 4. The SMILES string of the molecule is COCC(=O)N1CC[C@@H](OCc2ccncc2)[C@@H](Cc2ccccc2)C1. The molecule has 2 atom stereocenters. The zero-order valence-corrected chi connectivity index (χ0v) is 15.2. The molecular formula is C21H26N2O3. The van der Waals surface area contributed by atoms with Gasteiger partial charge in [-0.1, -0.05) is 30.3 Å². The number of aromatic nitrogens is 1. The summed E-state index contributed by atoms with van der Waals surface area (Å²) in [6.45, 7) is 2.14. The third kappa shape index (κ3) is 5.13. The topological polar surface area (TPSA) is 51.7 Å². The van der Waals surface area contributed by atoms with E-state index in [2.05, 4.69) is 29.2 Å². The third-order valence-electron chi connectivity index (χ3n) is 4.84. The summed E-state index contributed by atoms with van der Waals surface area (Å²) in [5.74, 6) is 0.326. The quantitative estimate of drug-likeness (QED) is 0.767. The van der Waals surface area contributed by atoms with Crippen LogP contribution in [0.3, 0.4) is 0 Å². The fraction of sp³-hybridized carbons (Fsp3) is 0.429. The van der Waals surface area contributed by atoms with Crippen molar-refractivity contribution in [1.29, 1.82) is 0 Å². The number of nitrogens with zero attached hydrogens (tertiary/aromatic N) is 2. The fourth-order valence-electron chi connectivity index (χ4n) is 3.47. The van der Waals surface area contributed by atoms with Gasteiger partial charge < -0.3 is 14.4 Å². The molecular weight excluding hydrogens is 328 g/mol.